The molecule has 6 aromatic rings. The van der Waals surface area contributed by atoms with Crippen LogP contribution in [-0.4, -0.2) is 66.5 Å². The lowest BCUT2D eigenvalue weighted by atomic mass is 9.86. The summed E-state index contributed by atoms with van der Waals surface area (Å²) in [4.78, 5) is 68.6. The maximum Gasteiger partial charge on any atom is 0.338 e. The molecule has 2 aromatic heterocycles. The van der Waals surface area contributed by atoms with Crippen molar-refractivity contribution in [2.24, 2.45) is 0 Å². The van der Waals surface area contributed by atoms with Gasteiger partial charge in [-0.25, -0.2) is 24.6 Å². The summed E-state index contributed by atoms with van der Waals surface area (Å²) in [5, 5.41) is 12.0. The fraction of sp³-hybridized carbons (Fsp3) is 0.132. The summed E-state index contributed by atoms with van der Waals surface area (Å²) in [5.41, 5.74) is -0.810. The van der Waals surface area contributed by atoms with Crippen LogP contribution in [0.25, 0.3) is 11.2 Å². The number of carbonyl (C=O) groups excluding carboxylic acids is 4. The molecule has 3 atom stereocenters. The van der Waals surface area contributed by atoms with E-state index in [1.54, 1.807) is 121 Å². The summed E-state index contributed by atoms with van der Waals surface area (Å²) in [6, 6.07) is 33.2. The summed E-state index contributed by atoms with van der Waals surface area (Å²) in [6.45, 7) is -0.433. The van der Waals surface area contributed by atoms with E-state index in [9.17, 15) is 24.3 Å². The molecular formula is C38H29N5O7. The van der Waals surface area contributed by atoms with E-state index in [2.05, 4.69) is 15.0 Å². The highest BCUT2D eigenvalue weighted by Crippen LogP contribution is 2.41. The third kappa shape index (κ3) is 6.04. The standard InChI is InChI=1S/C38H29N5O7/c44-32(25-13-5-1-6-14-25)38(48)21-30(50-29(38)22-49-37(47)28-19-11-4-12-20-28)42-24-41-31-33(42)39-23-40-34(31)43(35(45)26-15-7-2-8-16-26)36(46)27-17-9-3-10-18-27/h1-20,23-24,29-30,48H,21-22H2/t29-,30-,38+/m1/s1. The quantitative estimate of drug-likeness (QED) is 0.126. The number of fused-ring (bicyclic) bond motifs is 1. The number of rotatable bonds is 9. The summed E-state index contributed by atoms with van der Waals surface area (Å²) in [5.74, 6) is -2.60. The Morgan fingerprint density at radius 2 is 1.26 bits per heavy atom. The van der Waals surface area contributed by atoms with Gasteiger partial charge in [-0.05, 0) is 36.4 Å². The molecule has 12 nitrogen and oxygen atoms in total. The number of aromatic nitrogens is 4. The molecule has 1 aliphatic heterocycles. The molecule has 12 heteroatoms. The molecule has 3 heterocycles. The predicted molar refractivity (Wildman–Crippen MR) is 180 cm³/mol. The summed E-state index contributed by atoms with van der Waals surface area (Å²) in [7, 11) is 0. The first-order valence-electron chi connectivity index (χ1n) is 15.7. The Morgan fingerprint density at radius 3 is 1.82 bits per heavy atom. The monoisotopic (exact) mass is 667 g/mol. The number of Topliss-reactive ketones (excluding diaryl/α,β-unsaturated/α-hetero) is 1. The average Bonchev–Trinajstić information content (AvgIpc) is 3.76. The largest absolute Gasteiger partial charge is 0.459 e. The minimum absolute atomic E-state index is 0.0709. The number of ether oxygens (including phenoxy) is 2. The van der Waals surface area contributed by atoms with Gasteiger partial charge in [-0.1, -0.05) is 84.9 Å². The highest BCUT2D eigenvalue weighted by molar-refractivity contribution is 6.27. The average molecular weight is 668 g/mol. The Morgan fingerprint density at radius 1 is 0.740 bits per heavy atom. The fourth-order valence-corrected chi connectivity index (χ4v) is 5.89. The minimum Gasteiger partial charge on any atom is -0.459 e. The Hall–Kier alpha value is -6.37. The molecule has 0 spiro atoms. The first-order chi connectivity index (χ1) is 24.3. The number of aliphatic hydroxyl groups is 1. The molecule has 1 saturated heterocycles. The SMILES string of the molecule is O=C(OC[C@H]1O[C@@H](n2cnc3c(N(C(=O)c4ccccc4)C(=O)c4ccccc4)ncnc32)C[C@@]1(O)C(=O)c1ccccc1)c1ccccc1. The number of hydrogen-bond donors (Lipinski definition) is 1. The molecule has 1 fully saturated rings. The van der Waals surface area contributed by atoms with Crippen LogP contribution >= 0.6 is 0 Å². The van der Waals surface area contributed by atoms with Crippen molar-refractivity contribution >= 4 is 40.5 Å². The highest BCUT2D eigenvalue weighted by atomic mass is 16.6. The van der Waals surface area contributed by atoms with Gasteiger partial charge in [-0.2, -0.15) is 0 Å². The first kappa shape index (κ1) is 32.2. The molecule has 0 unspecified atom stereocenters. The van der Waals surface area contributed by atoms with Gasteiger partial charge >= 0.3 is 5.97 Å². The number of imide groups is 1. The van der Waals surface area contributed by atoms with Gasteiger partial charge in [0.15, 0.2) is 28.4 Å². The Balaban J connectivity index is 1.25. The number of carbonyl (C=O) groups is 4. The number of ketones is 1. The Labute approximate surface area is 285 Å². The second kappa shape index (κ2) is 13.6. The summed E-state index contributed by atoms with van der Waals surface area (Å²) < 4.78 is 13.3. The van der Waals surface area contributed by atoms with Crippen molar-refractivity contribution in [3.05, 3.63) is 156 Å². The number of anilines is 1. The van der Waals surface area contributed by atoms with E-state index in [-0.39, 0.29) is 40.1 Å². The Bertz CT molecular complexity index is 2130. The van der Waals surface area contributed by atoms with E-state index in [0.717, 1.165) is 4.90 Å². The van der Waals surface area contributed by atoms with Crippen molar-refractivity contribution in [3.8, 4) is 0 Å². The van der Waals surface area contributed by atoms with Gasteiger partial charge in [0.05, 0.1) is 11.9 Å². The van der Waals surface area contributed by atoms with Crippen molar-refractivity contribution in [1.29, 1.82) is 0 Å². The van der Waals surface area contributed by atoms with Gasteiger partial charge in [-0.15, -0.1) is 0 Å². The zero-order chi connectivity index (χ0) is 34.7. The molecule has 4 aromatic carbocycles. The van der Waals surface area contributed by atoms with Gasteiger partial charge in [0.2, 0.25) is 0 Å². The molecule has 50 heavy (non-hydrogen) atoms. The van der Waals surface area contributed by atoms with Crippen LogP contribution in [0.4, 0.5) is 5.82 Å². The van der Waals surface area contributed by atoms with Crippen molar-refractivity contribution in [1.82, 2.24) is 19.5 Å². The van der Waals surface area contributed by atoms with Gasteiger partial charge < -0.3 is 14.6 Å². The second-order valence-corrected chi connectivity index (χ2v) is 11.6. The number of benzene rings is 4. The fourth-order valence-electron chi connectivity index (χ4n) is 5.89. The van der Waals surface area contributed by atoms with Crippen LogP contribution in [-0.2, 0) is 9.47 Å². The van der Waals surface area contributed by atoms with E-state index in [4.69, 9.17) is 9.47 Å². The van der Waals surface area contributed by atoms with Crippen molar-refractivity contribution in [3.63, 3.8) is 0 Å². The molecule has 0 aliphatic carbocycles. The van der Waals surface area contributed by atoms with Gasteiger partial charge in [-0.3, -0.25) is 19.0 Å². The summed E-state index contributed by atoms with van der Waals surface area (Å²) in [6.07, 6.45) is 0.00682. The maximum atomic E-state index is 13.9. The van der Waals surface area contributed by atoms with Gasteiger partial charge in [0.25, 0.3) is 11.8 Å². The van der Waals surface area contributed by atoms with Crippen LogP contribution in [0.5, 0.6) is 0 Å². The molecule has 0 saturated carbocycles. The molecule has 0 bridgehead atoms. The number of amides is 2. The first-order valence-corrected chi connectivity index (χ1v) is 15.7. The number of hydrogen-bond acceptors (Lipinski definition) is 10. The lowest BCUT2D eigenvalue weighted by Gasteiger charge is -2.26. The normalized spacial score (nSPS) is 18.4. The van der Waals surface area contributed by atoms with Crippen molar-refractivity contribution in [2.75, 3.05) is 11.5 Å². The topological polar surface area (TPSA) is 154 Å². The lowest BCUT2D eigenvalue weighted by molar-refractivity contribution is -0.0725. The highest BCUT2D eigenvalue weighted by Gasteiger charge is 2.54. The van der Waals surface area contributed by atoms with E-state index in [1.807, 2.05) is 0 Å². The van der Waals surface area contributed by atoms with Crippen LogP contribution in [0.15, 0.2) is 134 Å². The molecular weight excluding hydrogens is 638 g/mol. The van der Waals surface area contributed by atoms with E-state index < -0.39 is 48.1 Å². The van der Waals surface area contributed by atoms with Gasteiger partial charge in [0.1, 0.15) is 25.3 Å². The van der Waals surface area contributed by atoms with Crippen LogP contribution < -0.4 is 4.90 Å². The third-order valence-corrected chi connectivity index (χ3v) is 8.45. The molecule has 1 N–H and O–H groups in total. The maximum absolute atomic E-state index is 13.9. The zero-order valence-electron chi connectivity index (χ0n) is 26.4. The number of esters is 1. The number of nitrogens with zero attached hydrogens (tertiary/aromatic N) is 5. The molecule has 1 aliphatic rings. The third-order valence-electron chi connectivity index (χ3n) is 8.45. The smallest absolute Gasteiger partial charge is 0.338 e. The van der Waals surface area contributed by atoms with Crippen LogP contribution in [0, 0.1) is 0 Å². The van der Waals surface area contributed by atoms with E-state index in [1.165, 1.54) is 17.2 Å². The van der Waals surface area contributed by atoms with Gasteiger partial charge in [0, 0.05) is 23.1 Å². The van der Waals surface area contributed by atoms with E-state index in [0.29, 0.717) is 5.56 Å². The molecule has 7 rings (SSSR count). The zero-order valence-corrected chi connectivity index (χ0v) is 26.4. The molecule has 0 radical (unpaired) electrons. The van der Waals surface area contributed by atoms with Crippen LogP contribution in [0.3, 0.4) is 0 Å². The molecule has 2 amide bonds. The minimum atomic E-state index is -2.12. The van der Waals surface area contributed by atoms with E-state index >= 15 is 0 Å². The van der Waals surface area contributed by atoms with Crippen LogP contribution in [0.2, 0.25) is 0 Å². The van der Waals surface area contributed by atoms with Crippen molar-refractivity contribution < 1.29 is 33.8 Å². The van der Waals surface area contributed by atoms with Crippen molar-refractivity contribution in [2.45, 2.75) is 24.4 Å². The Kier molecular flexibility index (Phi) is 8.77. The lowest BCUT2D eigenvalue weighted by Crippen LogP contribution is -2.48. The summed E-state index contributed by atoms with van der Waals surface area (Å²) >= 11 is 0. The van der Waals surface area contributed by atoms with Crippen LogP contribution in [0.1, 0.15) is 54.1 Å². The number of imidazole rings is 1. The predicted octanol–water partition coefficient (Wildman–Crippen LogP) is 5.07. The molecule has 248 valence electrons. The second-order valence-electron chi connectivity index (χ2n) is 11.6.